The van der Waals surface area contributed by atoms with Crippen molar-refractivity contribution in [3.8, 4) is 0 Å². The molecule has 0 saturated carbocycles. The lowest BCUT2D eigenvalue weighted by Crippen LogP contribution is -2.47. The van der Waals surface area contributed by atoms with Crippen molar-refractivity contribution >= 4 is 23.4 Å². The molecule has 1 aromatic rings. The van der Waals surface area contributed by atoms with Crippen LogP contribution in [0.15, 0.2) is 24.3 Å². The minimum atomic E-state index is -0.533. The maximum Gasteiger partial charge on any atom is 0.242 e. The fourth-order valence-electron chi connectivity index (χ4n) is 2.32. The highest BCUT2D eigenvalue weighted by Gasteiger charge is 2.24. The molecule has 0 bridgehead atoms. The van der Waals surface area contributed by atoms with Gasteiger partial charge >= 0.3 is 0 Å². The van der Waals surface area contributed by atoms with Gasteiger partial charge < -0.3 is 15.0 Å². The smallest absolute Gasteiger partial charge is 0.242 e. The first-order valence-corrected chi connectivity index (χ1v) is 9.16. The number of amides is 2. The Morgan fingerprint density at radius 3 is 2.40 bits per heavy atom. The van der Waals surface area contributed by atoms with Gasteiger partial charge in [0.25, 0.3) is 0 Å². The first-order valence-electron chi connectivity index (χ1n) is 8.78. The van der Waals surface area contributed by atoms with Gasteiger partial charge in [-0.25, -0.2) is 0 Å². The predicted molar refractivity (Wildman–Crippen MR) is 100 cm³/mol. The molecule has 0 fully saturated rings. The zero-order chi connectivity index (χ0) is 18.8. The third kappa shape index (κ3) is 7.88. The van der Waals surface area contributed by atoms with E-state index in [0.717, 1.165) is 12.0 Å². The van der Waals surface area contributed by atoms with E-state index in [0.29, 0.717) is 31.1 Å². The molecule has 1 aromatic carbocycles. The minimum Gasteiger partial charge on any atom is -0.379 e. The highest BCUT2D eigenvalue weighted by Crippen LogP contribution is 2.14. The Bertz CT molecular complexity index is 546. The average Bonchev–Trinajstić information content (AvgIpc) is 2.59. The van der Waals surface area contributed by atoms with Crippen LogP contribution >= 0.6 is 11.6 Å². The second-order valence-corrected chi connectivity index (χ2v) is 6.68. The SMILES string of the molecule is CCC(=O)N(Cc1ccc(Cl)cc1)[C@H](C)C(=O)NCCCOC(C)C. The van der Waals surface area contributed by atoms with E-state index in [1.807, 2.05) is 26.0 Å². The van der Waals surface area contributed by atoms with Crippen molar-refractivity contribution in [1.82, 2.24) is 10.2 Å². The summed E-state index contributed by atoms with van der Waals surface area (Å²) < 4.78 is 5.45. The van der Waals surface area contributed by atoms with Gasteiger partial charge in [0.05, 0.1) is 6.10 Å². The van der Waals surface area contributed by atoms with Crippen molar-refractivity contribution in [3.05, 3.63) is 34.9 Å². The lowest BCUT2D eigenvalue weighted by Gasteiger charge is -2.28. The van der Waals surface area contributed by atoms with E-state index in [4.69, 9.17) is 16.3 Å². The monoisotopic (exact) mass is 368 g/mol. The molecule has 6 heteroatoms. The number of carbonyl (C=O) groups excluding carboxylic acids is 2. The Morgan fingerprint density at radius 1 is 1.20 bits per heavy atom. The largest absolute Gasteiger partial charge is 0.379 e. The minimum absolute atomic E-state index is 0.0549. The van der Waals surface area contributed by atoms with Crippen LogP contribution in [-0.2, 0) is 20.9 Å². The molecule has 0 unspecified atom stereocenters. The van der Waals surface area contributed by atoms with Crippen LogP contribution in [0.2, 0.25) is 5.02 Å². The Balaban J connectivity index is 2.60. The van der Waals surface area contributed by atoms with Crippen LogP contribution in [0.5, 0.6) is 0 Å². The molecule has 1 rings (SSSR count). The van der Waals surface area contributed by atoms with Gasteiger partial charge in [-0.1, -0.05) is 30.7 Å². The number of benzene rings is 1. The lowest BCUT2D eigenvalue weighted by molar-refractivity contribution is -0.140. The zero-order valence-electron chi connectivity index (χ0n) is 15.5. The molecule has 140 valence electrons. The second kappa shape index (κ2) is 11.1. The summed E-state index contributed by atoms with van der Waals surface area (Å²) in [5, 5.41) is 3.52. The summed E-state index contributed by atoms with van der Waals surface area (Å²) in [7, 11) is 0. The predicted octanol–water partition coefficient (Wildman–Crippen LogP) is 3.40. The number of hydrogen-bond acceptors (Lipinski definition) is 3. The zero-order valence-corrected chi connectivity index (χ0v) is 16.3. The van der Waals surface area contributed by atoms with Crippen molar-refractivity contribution < 1.29 is 14.3 Å². The number of nitrogens with one attached hydrogen (secondary N) is 1. The summed E-state index contributed by atoms with van der Waals surface area (Å²) in [6.07, 6.45) is 1.29. The number of halogens is 1. The summed E-state index contributed by atoms with van der Waals surface area (Å²) >= 11 is 5.90. The molecule has 0 aromatic heterocycles. The number of carbonyl (C=O) groups is 2. The average molecular weight is 369 g/mol. The van der Waals surface area contributed by atoms with Gasteiger partial charge in [-0.3, -0.25) is 9.59 Å². The summed E-state index contributed by atoms with van der Waals surface area (Å²) in [4.78, 5) is 26.3. The molecule has 5 nitrogen and oxygen atoms in total. The molecule has 0 spiro atoms. The molecule has 0 aliphatic rings. The lowest BCUT2D eigenvalue weighted by atomic mass is 10.1. The van der Waals surface area contributed by atoms with Crippen LogP contribution in [0.1, 0.15) is 46.1 Å². The molecule has 25 heavy (non-hydrogen) atoms. The quantitative estimate of drug-likeness (QED) is 0.644. The third-order valence-corrected chi connectivity index (χ3v) is 4.06. The molecule has 0 heterocycles. The number of nitrogens with zero attached hydrogens (tertiary/aromatic N) is 1. The molecular weight excluding hydrogens is 340 g/mol. The number of ether oxygens (including phenoxy) is 1. The van der Waals surface area contributed by atoms with Gasteiger partial charge in [-0.15, -0.1) is 0 Å². The fraction of sp³-hybridized carbons (Fsp3) is 0.579. The van der Waals surface area contributed by atoms with Gasteiger partial charge in [0.2, 0.25) is 11.8 Å². The molecule has 1 atom stereocenters. The second-order valence-electron chi connectivity index (χ2n) is 6.24. The van der Waals surface area contributed by atoms with Crippen molar-refractivity contribution in [2.45, 2.75) is 59.2 Å². The van der Waals surface area contributed by atoms with Gasteiger partial charge in [0.15, 0.2) is 0 Å². The molecule has 1 N–H and O–H groups in total. The first-order chi connectivity index (χ1) is 11.8. The molecule has 0 saturated heterocycles. The molecular formula is C19H29ClN2O3. The maximum atomic E-state index is 12.4. The van der Waals surface area contributed by atoms with Crippen LogP contribution < -0.4 is 5.32 Å². The van der Waals surface area contributed by atoms with Gasteiger partial charge in [-0.2, -0.15) is 0 Å². The maximum absolute atomic E-state index is 12.4. The van der Waals surface area contributed by atoms with Crippen LogP contribution in [0.3, 0.4) is 0 Å². The van der Waals surface area contributed by atoms with E-state index in [2.05, 4.69) is 5.32 Å². The van der Waals surface area contributed by atoms with Gasteiger partial charge in [-0.05, 0) is 44.9 Å². The number of rotatable bonds is 10. The van der Waals surface area contributed by atoms with Crippen LogP contribution in [0.4, 0.5) is 0 Å². The van der Waals surface area contributed by atoms with E-state index in [-0.39, 0.29) is 17.9 Å². The third-order valence-electron chi connectivity index (χ3n) is 3.81. The van der Waals surface area contributed by atoms with Crippen molar-refractivity contribution in [1.29, 1.82) is 0 Å². The van der Waals surface area contributed by atoms with Gasteiger partial charge in [0.1, 0.15) is 6.04 Å². The van der Waals surface area contributed by atoms with Gasteiger partial charge in [0, 0.05) is 31.1 Å². The Morgan fingerprint density at radius 2 is 1.84 bits per heavy atom. The molecule has 2 amide bonds. The Labute approximate surface area is 155 Å². The topological polar surface area (TPSA) is 58.6 Å². The van der Waals surface area contributed by atoms with E-state index < -0.39 is 6.04 Å². The summed E-state index contributed by atoms with van der Waals surface area (Å²) in [6, 6.07) is 6.77. The van der Waals surface area contributed by atoms with Crippen LogP contribution in [-0.4, -0.2) is 42.0 Å². The van der Waals surface area contributed by atoms with Crippen molar-refractivity contribution in [3.63, 3.8) is 0 Å². The first kappa shape index (κ1) is 21.5. The standard InChI is InChI=1S/C19H29ClN2O3/c1-5-18(23)22(13-16-7-9-17(20)10-8-16)15(4)19(24)21-11-6-12-25-14(2)3/h7-10,14-15H,5-6,11-13H2,1-4H3,(H,21,24)/t15-/m1/s1. The number of hydrogen-bond donors (Lipinski definition) is 1. The summed E-state index contributed by atoms with van der Waals surface area (Å²) in [6.45, 7) is 9.03. The summed E-state index contributed by atoms with van der Waals surface area (Å²) in [5.74, 6) is -0.207. The van der Waals surface area contributed by atoms with E-state index >= 15 is 0 Å². The highest BCUT2D eigenvalue weighted by molar-refractivity contribution is 6.30. The molecule has 0 aliphatic heterocycles. The molecule has 0 aliphatic carbocycles. The van der Waals surface area contributed by atoms with E-state index in [1.54, 1.807) is 30.9 Å². The van der Waals surface area contributed by atoms with Crippen LogP contribution in [0.25, 0.3) is 0 Å². The van der Waals surface area contributed by atoms with E-state index in [1.165, 1.54) is 0 Å². The highest BCUT2D eigenvalue weighted by atomic mass is 35.5. The fourth-order valence-corrected chi connectivity index (χ4v) is 2.45. The Hall–Kier alpha value is -1.59. The molecule has 0 radical (unpaired) electrons. The van der Waals surface area contributed by atoms with E-state index in [9.17, 15) is 9.59 Å². The van der Waals surface area contributed by atoms with Crippen molar-refractivity contribution in [2.75, 3.05) is 13.2 Å². The Kier molecular flexibility index (Phi) is 9.53. The van der Waals surface area contributed by atoms with Crippen LogP contribution in [0, 0.1) is 0 Å². The normalized spacial score (nSPS) is 12.1. The van der Waals surface area contributed by atoms with Crippen molar-refractivity contribution in [2.24, 2.45) is 0 Å². The summed E-state index contributed by atoms with van der Waals surface area (Å²) in [5.41, 5.74) is 0.941.